The molecule has 0 aliphatic heterocycles. The predicted octanol–water partition coefficient (Wildman–Crippen LogP) is 4.52. The van der Waals surface area contributed by atoms with Gasteiger partial charge in [-0.05, 0) is 75.4 Å². The van der Waals surface area contributed by atoms with Crippen molar-refractivity contribution >= 4 is 45.8 Å². The topological polar surface area (TPSA) is 142 Å². The van der Waals surface area contributed by atoms with Crippen molar-refractivity contribution in [2.45, 2.75) is 39.5 Å². The Morgan fingerprint density at radius 3 is 2.38 bits per heavy atom. The molecule has 0 saturated carbocycles. The van der Waals surface area contributed by atoms with Crippen LogP contribution >= 0.6 is 11.3 Å². The molecule has 11 nitrogen and oxygen atoms in total. The van der Waals surface area contributed by atoms with E-state index in [0.717, 1.165) is 29.7 Å². The van der Waals surface area contributed by atoms with E-state index in [4.69, 9.17) is 18.9 Å². The summed E-state index contributed by atoms with van der Waals surface area (Å²) in [7, 11) is 2.88. The summed E-state index contributed by atoms with van der Waals surface area (Å²) >= 11 is 1.29. The summed E-state index contributed by atoms with van der Waals surface area (Å²) in [6.07, 6.45) is 3.45. The molecule has 3 aromatic rings. The van der Waals surface area contributed by atoms with Crippen LogP contribution in [0.15, 0.2) is 47.6 Å². The number of thiophene rings is 1. The Balaban J connectivity index is 1.44. The second kappa shape index (κ2) is 13.8. The first-order valence-corrected chi connectivity index (χ1v) is 14.1. The molecule has 0 fully saturated rings. The van der Waals surface area contributed by atoms with Crippen molar-refractivity contribution in [2.75, 3.05) is 26.1 Å². The van der Waals surface area contributed by atoms with E-state index in [0.29, 0.717) is 34.0 Å². The molecule has 0 atom stereocenters. The number of hydrogen-bond acceptors (Lipinski definition) is 10. The largest absolute Gasteiger partial charge is 0.496 e. The molecule has 220 valence electrons. The Kier molecular flexibility index (Phi) is 9.92. The number of methoxy groups -OCH3 is 2. The Morgan fingerprint density at radius 2 is 1.64 bits per heavy atom. The maximum absolute atomic E-state index is 12.7. The minimum atomic E-state index is -1.01. The Bertz CT molecular complexity index is 1550. The molecule has 0 bridgehead atoms. The number of fused-ring (bicyclic) bond motifs is 1. The third-order valence-corrected chi connectivity index (χ3v) is 7.73. The van der Waals surface area contributed by atoms with Crippen molar-refractivity contribution in [1.29, 1.82) is 0 Å². The molecule has 2 amide bonds. The van der Waals surface area contributed by atoms with Gasteiger partial charge in [0.25, 0.3) is 0 Å². The molecule has 4 rings (SSSR count). The van der Waals surface area contributed by atoms with Crippen LogP contribution in [0.2, 0.25) is 0 Å². The summed E-state index contributed by atoms with van der Waals surface area (Å²) in [5, 5.41) is 6.89. The van der Waals surface area contributed by atoms with Crippen LogP contribution < -0.4 is 25.0 Å². The number of nitrogens with zero attached hydrogens (tertiary/aromatic N) is 1. The molecule has 0 radical (unpaired) electrons. The molecular weight excluding hydrogens is 562 g/mol. The molecule has 0 unspecified atom stereocenters. The smallest absolute Gasteiger partial charge is 0.347 e. The number of esters is 2. The molecule has 0 spiro atoms. The van der Waals surface area contributed by atoms with E-state index in [1.807, 2.05) is 0 Å². The van der Waals surface area contributed by atoms with Crippen molar-refractivity contribution in [3.63, 3.8) is 0 Å². The van der Waals surface area contributed by atoms with Gasteiger partial charge in [0.1, 0.15) is 16.3 Å². The molecule has 2 aromatic carbocycles. The van der Waals surface area contributed by atoms with E-state index >= 15 is 0 Å². The Morgan fingerprint density at radius 1 is 0.905 bits per heavy atom. The molecular formula is C30H31N3O8S. The summed E-state index contributed by atoms with van der Waals surface area (Å²) in [4.78, 5) is 51.6. The third-order valence-electron chi connectivity index (χ3n) is 6.52. The van der Waals surface area contributed by atoms with Crippen LogP contribution in [0, 0.1) is 0 Å². The lowest BCUT2D eigenvalue weighted by Gasteiger charge is -2.12. The average molecular weight is 594 g/mol. The first kappa shape index (κ1) is 30.3. The van der Waals surface area contributed by atoms with E-state index in [-0.39, 0.29) is 23.7 Å². The molecule has 1 aliphatic rings. The molecule has 0 saturated heterocycles. The number of hydrogen-bond donors (Lipinski definition) is 2. The second-order valence-corrected chi connectivity index (χ2v) is 10.3. The average Bonchev–Trinajstić information content (AvgIpc) is 3.37. The van der Waals surface area contributed by atoms with Crippen molar-refractivity contribution in [3.05, 3.63) is 69.6 Å². The highest BCUT2D eigenvalue weighted by molar-refractivity contribution is 7.17. The van der Waals surface area contributed by atoms with Gasteiger partial charge in [-0.3, -0.25) is 9.59 Å². The standard InChI is InChI=1S/C30H31N3O8S/c1-5-40-30(37)25-20-11-7-9-13-24(20)42-28(25)31-26(34)27(35)33-32-17(2)18-14-15-22(23(16-18)39-4)41-29(36)19-10-6-8-12-21(19)38-3/h6,8,10,12,14-16H,5,7,9,11,13H2,1-4H3,(H,31,34)(H,33,35)/b32-17+. The van der Waals surface area contributed by atoms with Gasteiger partial charge in [0.2, 0.25) is 0 Å². The van der Waals surface area contributed by atoms with Gasteiger partial charge >= 0.3 is 23.8 Å². The van der Waals surface area contributed by atoms with Gasteiger partial charge in [-0.25, -0.2) is 15.0 Å². The number of anilines is 1. The van der Waals surface area contributed by atoms with Crippen molar-refractivity contribution < 1.29 is 38.1 Å². The van der Waals surface area contributed by atoms with Crippen molar-refractivity contribution in [2.24, 2.45) is 5.10 Å². The summed E-state index contributed by atoms with van der Waals surface area (Å²) in [6, 6.07) is 11.4. The lowest BCUT2D eigenvalue weighted by atomic mass is 9.95. The highest BCUT2D eigenvalue weighted by Crippen LogP contribution is 2.38. The van der Waals surface area contributed by atoms with E-state index < -0.39 is 23.8 Å². The maximum atomic E-state index is 12.7. The normalized spacial score (nSPS) is 12.5. The van der Waals surface area contributed by atoms with Gasteiger partial charge in [0, 0.05) is 10.4 Å². The summed E-state index contributed by atoms with van der Waals surface area (Å²) in [5.74, 6) is -2.33. The Labute approximate surface area is 246 Å². The van der Waals surface area contributed by atoms with Crippen molar-refractivity contribution in [3.8, 4) is 17.2 Å². The number of benzene rings is 2. The van der Waals surface area contributed by atoms with E-state index in [2.05, 4.69) is 15.8 Å². The van der Waals surface area contributed by atoms with Gasteiger partial charge in [0.05, 0.1) is 32.1 Å². The summed E-state index contributed by atoms with van der Waals surface area (Å²) in [5.41, 5.74) is 4.58. The van der Waals surface area contributed by atoms with E-state index in [1.54, 1.807) is 50.2 Å². The molecule has 1 aliphatic carbocycles. The number of nitrogens with one attached hydrogen (secondary N) is 2. The van der Waals surface area contributed by atoms with Crippen LogP contribution in [0.25, 0.3) is 0 Å². The number of aryl methyl sites for hydroxylation is 1. The van der Waals surface area contributed by atoms with E-state index in [1.165, 1.54) is 31.6 Å². The van der Waals surface area contributed by atoms with Gasteiger partial charge in [-0.2, -0.15) is 5.10 Å². The Hall–Kier alpha value is -4.71. The molecule has 12 heteroatoms. The minimum Gasteiger partial charge on any atom is -0.496 e. The first-order chi connectivity index (χ1) is 20.3. The number of rotatable bonds is 9. The van der Waals surface area contributed by atoms with Gasteiger partial charge in [-0.1, -0.05) is 12.1 Å². The number of carbonyl (C=O) groups excluding carboxylic acids is 4. The molecule has 2 N–H and O–H groups in total. The zero-order valence-corrected chi connectivity index (χ0v) is 24.5. The van der Waals surface area contributed by atoms with Crippen LogP contribution in [-0.4, -0.2) is 50.3 Å². The van der Waals surface area contributed by atoms with Crippen LogP contribution in [-0.2, 0) is 27.2 Å². The van der Waals surface area contributed by atoms with Crippen LogP contribution in [0.1, 0.15) is 63.4 Å². The first-order valence-electron chi connectivity index (χ1n) is 13.3. The van der Waals surface area contributed by atoms with Crippen molar-refractivity contribution in [1.82, 2.24) is 5.43 Å². The molecule has 1 aromatic heterocycles. The monoisotopic (exact) mass is 593 g/mol. The van der Waals surface area contributed by atoms with Gasteiger partial charge < -0.3 is 24.3 Å². The van der Waals surface area contributed by atoms with Gasteiger partial charge in [-0.15, -0.1) is 11.3 Å². The maximum Gasteiger partial charge on any atom is 0.347 e. The van der Waals surface area contributed by atoms with Gasteiger partial charge in [0.15, 0.2) is 11.5 Å². The fraction of sp³-hybridized carbons (Fsp3) is 0.300. The second-order valence-electron chi connectivity index (χ2n) is 9.18. The predicted molar refractivity (Wildman–Crippen MR) is 157 cm³/mol. The molecule has 42 heavy (non-hydrogen) atoms. The number of hydrazone groups is 1. The van der Waals surface area contributed by atoms with Crippen LogP contribution in [0.5, 0.6) is 17.2 Å². The zero-order valence-electron chi connectivity index (χ0n) is 23.7. The quantitative estimate of drug-likeness (QED) is 0.121. The van der Waals surface area contributed by atoms with E-state index in [9.17, 15) is 19.2 Å². The third kappa shape index (κ3) is 6.77. The summed E-state index contributed by atoms with van der Waals surface area (Å²) < 4.78 is 21.3. The highest BCUT2D eigenvalue weighted by atomic mass is 32.1. The van der Waals surface area contributed by atoms with Crippen LogP contribution in [0.3, 0.4) is 0 Å². The lowest BCUT2D eigenvalue weighted by molar-refractivity contribution is -0.136. The SMILES string of the molecule is CCOC(=O)c1c(NC(=O)C(=O)N/N=C(\C)c2ccc(OC(=O)c3ccccc3OC)c(OC)c2)sc2c1CCCC2. The molecule has 1 heterocycles. The fourth-order valence-electron chi connectivity index (χ4n) is 4.43. The fourth-order valence-corrected chi connectivity index (χ4v) is 5.70. The lowest BCUT2D eigenvalue weighted by Crippen LogP contribution is -2.33. The highest BCUT2D eigenvalue weighted by Gasteiger charge is 2.28. The minimum absolute atomic E-state index is 0.171. The number of carbonyl (C=O) groups is 4. The number of amides is 2. The summed E-state index contributed by atoms with van der Waals surface area (Å²) in [6.45, 7) is 3.53. The number of ether oxygens (including phenoxy) is 4. The number of para-hydroxylation sites is 1. The van der Waals surface area contributed by atoms with Crippen LogP contribution in [0.4, 0.5) is 5.00 Å². The zero-order chi connectivity index (χ0) is 30.2.